The number of urea groups is 1. The van der Waals surface area contributed by atoms with Crippen LogP contribution in [-0.2, 0) is 19.6 Å². The fourth-order valence-corrected chi connectivity index (χ4v) is 6.23. The Morgan fingerprint density at radius 3 is 2.26 bits per heavy atom. The Morgan fingerprint density at radius 1 is 1.00 bits per heavy atom. The Bertz CT molecular complexity index is 1290. The minimum atomic E-state index is -3.56. The molecule has 208 valence electrons. The summed E-state index contributed by atoms with van der Waals surface area (Å²) in [5.41, 5.74) is 7.91. The second-order valence-electron chi connectivity index (χ2n) is 8.88. The smallest absolute Gasteiger partial charge is 0.318 e. The molecule has 39 heavy (non-hydrogen) atoms. The number of hydrogen-bond donors (Lipinski definition) is 2. The van der Waals surface area contributed by atoms with E-state index in [4.69, 9.17) is 4.74 Å². The molecule has 10 heteroatoms. The van der Waals surface area contributed by atoms with E-state index in [1.54, 1.807) is 33.9 Å². The first kappa shape index (κ1) is 29.8. The van der Waals surface area contributed by atoms with Gasteiger partial charge in [0.1, 0.15) is 0 Å². The van der Waals surface area contributed by atoms with Crippen molar-refractivity contribution in [2.45, 2.75) is 30.7 Å². The summed E-state index contributed by atoms with van der Waals surface area (Å²) in [7, 11) is -3.56. The highest BCUT2D eigenvalue weighted by Crippen LogP contribution is 2.33. The summed E-state index contributed by atoms with van der Waals surface area (Å²) in [4.78, 5) is 21.4. The lowest BCUT2D eigenvalue weighted by Crippen LogP contribution is -2.55. The van der Waals surface area contributed by atoms with Gasteiger partial charge in [-0.25, -0.2) is 13.2 Å². The lowest BCUT2D eigenvalue weighted by molar-refractivity contribution is -0.108. The number of benzene rings is 3. The van der Waals surface area contributed by atoms with E-state index in [0.29, 0.717) is 37.7 Å². The van der Waals surface area contributed by atoms with Crippen molar-refractivity contribution in [3.8, 4) is 11.1 Å². The Labute approximate surface area is 230 Å². The van der Waals surface area contributed by atoms with Crippen LogP contribution in [0.25, 0.3) is 11.1 Å². The highest BCUT2D eigenvalue weighted by molar-refractivity contribution is 7.89. The van der Waals surface area contributed by atoms with Crippen molar-refractivity contribution in [2.75, 3.05) is 37.7 Å². The third kappa shape index (κ3) is 8.38. The molecule has 1 atom stereocenters. The number of nitrogens with two attached hydrogens (primary N) is 1. The largest absolute Gasteiger partial charge is 0.382 e. The zero-order valence-electron chi connectivity index (χ0n) is 22.1. The average Bonchev–Trinajstić information content (AvgIpc) is 2.96. The SMILES string of the molecule is CCOCCCC1CN(c2ccccc2-c2ccccc2)CCN1S(=O)(=O)c1ccccc1.NC(=O)NC=O. The van der Waals surface area contributed by atoms with Crippen LogP contribution >= 0.6 is 0 Å². The highest BCUT2D eigenvalue weighted by atomic mass is 32.2. The first-order valence-corrected chi connectivity index (χ1v) is 14.4. The summed E-state index contributed by atoms with van der Waals surface area (Å²) in [5.74, 6) is 0. The molecule has 0 saturated carbocycles. The molecule has 0 aromatic heterocycles. The molecule has 4 rings (SSSR count). The number of amides is 3. The van der Waals surface area contributed by atoms with Crippen molar-refractivity contribution in [1.82, 2.24) is 9.62 Å². The van der Waals surface area contributed by atoms with Gasteiger partial charge in [-0.2, -0.15) is 4.31 Å². The number of hydrogen-bond acceptors (Lipinski definition) is 6. The Kier molecular flexibility index (Phi) is 11.5. The average molecular weight is 553 g/mol. The van der Waals surface area contributed by atoms with Crippen molar-refractivity contribution in [2.24, 2.45) is 5.73 Å². The summed E-state index contributed by atoms with van der Waals surface area (Å²) in [6, 6.07) is 26.6. The molecule has 0 spiro atoms. The number of imide groups is 1. The van der Waals surface area contributed by atoms with Crippen LogP contribution in [0.3, 0.4) is 0 Å². The van der Waals surface area contributed by atoms with E-state index in [1.165, 1.54) is 11.1 Å². The number of primary amides is 1. The number of carbonyl (C=O) groups excluding carboxylic acids is 2. The van der Waals surface area contributed by atoms with Crippen LogP contribution in [0.5, 0.6) is 0 Å². The Hall–Kier alpha value is -3.73. The number of para-hydroxylation sites is 1. The van der Waals surface area contributed by atoms with Gasteiger partial charge in [0, 0.05) is 50.1 Å². The number of nitrogens with one attached hydrogen (secondary N) is 1. The minimum absolute atomic E-state index is 0.117. The van der Waals surface area contributed by atoms with E-state index in [2.05, 4.69) is 47.0 Å². The molecule has 3 aromatic carbocycles. The number of nitrogens with zero attached hydrogens (tertiary/aromatic N) is 2. The number of sulfonamides is 1. The van der Waals surface area contributed by atoms with E-state index in [-0.39, 0.29) is 12.5 Å². The standard InChI is InChI=1S/C27H32N2O3S.C2H4N2O2/c1-2-32-21-11-14-24-22-28(19-20-29(24)33(30,31)25-15-7-4-8-16-25)27-18-10-9-17-26(27)23-12-5-3-6-13-23;3-2(6)4-1-5/h3-10,12-13,15-18,24H,2,11,14,19-22H2,1H3;1H,(H3,3,4,5,6). The van der Waals surface area contributed by atoms with Gasteiger partial charge < -0.3 is 15.4 Å². The molecule has 1 saturated heterocycles. The van der Waals surface area contributed by atoms with E-state index in [0.717, 1.165) is 18.5 Å². The van der Waals surface area contributed by atoms with Crippen LogP contribution in [0.2, 0.25) is 0 Å². The molecule has 1 aliphatic rings. The molecular weight excluding hydrogens is 516 g/mol. The van der Waals surface area contributed by atoms with Gasteiger partial charge in [-0.15, -0.1) is 0 Å². The van der Waals surface area contributed by atoms with Gasteiger partial charge in [0.05, 0.1) is 4.90 Å². The van der Waals surface area contributed by atoms with Gasteiger partial charge in [0.2, 0.25) is 16.4 Å². The molecule has 0 radical (unpaired) electrons. The lowest BCUT2D eigenvalue weighted by Gasteiger charge is -2.42. The topological polar surface area (TPSA) is 122 Å². The second kappa shape index (κ2) is 15.0. The molecule has 3 aromatic rings. The van der Waals surface area contributed by atoms with Crippen LogP contribution in [0, 0.1) is 0 Å². The molecule has 0 bridgehead atoms. The normalized spacial score (nSPS) is 15.6. The number of anilines is 1. The van der Waals surface area contributed by atoms with Crippen LogP contribution in [0.15, 0.2) is 89.8 Å². The van der Waals surface area contributed by atoms with Crippen LogP contribution in [0.4, 0.5) is 10.5 Å². The maximum absolute atomic E-state index is 13.5. The van der Waals surface area contributed by atoms with Crippen molar-refractivity contribution in [3.63, 3.8) is 0 Å². The molecule has 9 nitrogen and oxygen atoms in total. The summed E-state index contributed by atoms with van der Waals surface area (Å²) in [5, 5.41) is 1.67. The van der Waals surface area contributed by atoms with Gasteiger partial charge in [0.15, 0.2) is 0 Å². The zero-order valence-corrected chi connectivity index (χ0v) is 22.9. The minimum Gasteiger partial charge on any atom is -0.382 e. The fourth-order valence-electron chi connectivity index (χ4n) is 4.57. The monoisotopic (exact) mass is 552 g/mol. The van der Waals surface area contributed by atoms with Gasteiger partial charge in [0.25, 0.3) is 0 Å². The van der Waals surface area contributed by atoms with Crippen molar-refractivity contribution in [3.05, 3.63) is 84.9 Å². The van der Waals surface area contributed by atoms with Gasteiger partial charge in [-0.05, 0) is 43.5 Å². The molecule has 0 aliphatic carbocycles. The highest BCUT2D eigenvalue weighted by Gasteiger charge is 2.36. The molecule has 3 N–H and O–H groups in total. The van der Waals surface area contributed by atoms with E-state index < -0.39 is 16.1 Å². The summed E-state index contributed by atoms with van der Waals surface area (Å²) in [6.45, 7) is 5.06. The van der Waals surface area contributed by atoms with Crippen molar-refractivity contribution in [1.29, 1.82) is 0 Å². The summed E-state index contributed by atoms with van der Waals surface area (Å²) >= 11 is 0. The molecule has 1 heterocycles. The predicted molar refractivity (Wildman–Crippen MR) is 153 cm³/mol. The van der Waals surface area contributed by atoms with E-state index >= 15 is 0 Å². The van der Waals surface area contributed by atoms with Gasteiger partial charge >= 0.3 is 6.03 Å². The lowest BCUT2D eigenvalue weighted by atomic mass is 10.0. The summed E-state index contributed by atoms with van der Waals surface area (Å²) in [6.07, 6.45) is 1.81. The predicted octanol–water partition coefficient (Wildman–Crippen LogP) is 3.86. The van der Waals surface area contributed by atoms with E-state index in [9.17, 15) is 18.0 Å². The first-order chi connectivity index (χ1) is 18.9. The van der Waals surface area contributed by atoms with E-state index in [1.807, 2.05) is 31.2 Å². The third-order valence-corrected chi connectivity index (χ3v) is 8.31. The number of piperazine rings is 1. The third-order valence-electron chi connectivity index (χ3n) is 6.34. The molecule has 1 fully saturated rings. The number of carbonyl (C=O) groups is 2. The second-order valence-corrected chi connectivity index (χ2v) is 10.8. The van der Waals surface area contributed by atoms with Crippen LogP contribution < -0.4 is 16.0 Å². The number of ether oxygens (including phenoxy) is 1. The number of rotatable bonds is 10. The fraction of sp³-hybridized carbons (Fsp3) is 0.310. The zero-order chi connectivity index (χ0) is 28.1. The van der Waals surface area contributed by atoms with Crippen LogP contribution in [-0.4, -0.2) is 64.1 Å². The van der Waals surface area contributed by atoms with Crippen molar-refractivity contribution < 1.29 is 22.7 Å². The van der Waals surface area contributed by atoms with Crippen LogP contribution in [0.1, 0.15) is 19.8 Å². The Balaban J connectivity index is 0.000000631. The Morgan fingerprint density at radius 2 is 1.64 bits per heavy atom. The molecule has 1 unspecified atom stereocenters. The molecular formula is C29H36N4O5S. The van der Waals surface area contributed by atoms with Crippen molar-refractivity contribution >= 4 is 28.2 Å². The maximum atomic E-state index is 13.5. The molecule has 1 aliphatic heterocycles. The maximum Gasteiger partial charge on any atom is 0.318 e. The quantitative estimate of drug-likeness (QED) is 0.291. The first-order valence-electron chi connectivity index (χ1n) is 12.9. The van der Waals surface area contributed by atoms with Gasteiger partial charge in [-0.1, -0.05) is 66.7 Å². The molecule has 3 amide bonds. The summed E-state index contributed by atoms with van der Waals surface area (Å²) < 4.78 is 34.2. The van der Waals surface area contributed by atoms with Gasteiger partial charge in [-0.3, -0.25) is 10.1 Å².